The van der Waals surface area contributed by atoms with Crippen molar-refractivity contribution in [2.45, 2.75) is 0 Å². The molecular formula is C15H15ClN2O4S. The van der Waals surface area contributed by atoms with Crippen LogP contribution in [0.15, 0.2) is 42.5 Å². The number of carbonyl (C=O) groups excluding carboxylic acids is 1. The maximum Gasteiger partial charge on any atom is 0.255 e. The average molecular weight is 355 g/mol. The summed E-state index contributed by atoms with van der Waals surface area (Å²) in [7, 11) is -1.96. The number of ether oxygens (including phenoxy) is 1. The van der Waals surface area contributed by atoms with E-state index in [9.17, 15) is 13.2 Å². The highest BCUT2D eigenvalue weighted by molar-refractivity contribution is 7.92. The van der Waals surface area contributed by atoms with Gasteiger partial charge in [-0.25, -0.2) is 8.42 Å². The molecule has 2 aromatic carbocycles. The van der Waals surface area contributed by atoms with E-state index in [0.717, 1.165) is 6.26 Å². The molecule has 2 N–H and O–H groups in total. The smallest absolute Gasteiger partial charge is 0.255 e. The summed E-state index contributed by atoms with van der Waals surface area (Å²) in [6.45, 7) is 0. The molecule has 6 nitrogen and oxygen atoms in total. The molecule has 0 aromatic heterocycles. The fraction of sp³-hybridized carbons (Fsp3) is 0.133. The zero-order chi connectivity index (χ0) is 17.0. The van der Waals surface area contributed by atoms with Gasteiger partial charge in [0.1, 0.15) is 5.75 Å². The first-order valence-corrected chi connectivity index (χ1v) is 8.78. The van der Waals surface area contributed by atoms with Crippen molar-refractivity contribution in [1.82, 2.24) is 0 Å². The molecule has 0 heterocycles. The first-order valence-electron chi connectivity index (χ1n) is 6.51. The van der Waals surface area contributed by atoms with Gasteiger partial charge in [0.15, 0.2) is 0 Å². The van der Waals surface area contributed by atoms with Crippen LogP contribution in [0.2, 0.25) is 5.02 Å². The highest BCUT2D eigenvalue weighted by Gasteiger charge is 2.12. The Morgan fingerprint density at radius 1 is 1.17 bits per heavy atom. The summed E-state index contributed by atoms with van der Waals surface area (Å²) < 4.78 is 30.0. The van der Waals surface area contributed by atoms with Crippen LogP contribution in [0.4, 0.5) is 11.4 Å². The summed E-state index contributed by atoms with van der Waals surface area (Å²) in [4.78, 5) is 12.3. The summed E-state index contributed by atoms with van der Waals surface area (Å²) in [5.41, 5.74) is 0.970. The number of hydrogen-bond donors (Lipinski definition) is 2. The van der Waals surface area contributed by atoms with Gasteiger partial charge >= 0.3 is 0 Å². The van der Waals surface area contributed by atoms with E-state index >= 15 is 0 Å². The highest BCUT2D eigenvalue weighted by atomic mass is 35.5. The Bertz CT molecular complexity index is 837. The topological polar surface area (TPSA) is 84.5 Å². The summed E-state index contributed by atoms with van der Waals surface area (Å²) in [5, 5.41) is 2.91. The van der Waals surface area contributed by atoms with Crippen molar-refractivity contribution < 1.29 is 17.9 Å². The van der Waals surface area contributed by atoms with Gasteiger partial charge in [-0.3, -0.25) is 9.52 Å². The van der Waals surface area contributed by atoms with Crippen LogP contribution in [0.3, 0.4) is 0 Å². The fourth-order valence-corrected chi connectivity index (χ4v) is 2.64. The second-order valence-corrected chi connectivity index (χ2v) is 6.91. The minimum Gasteiger partial charge on any atom is -0.497 e. The molecule has 8 heteroatoms. The summed E-state index contributed by atoms with van der Waals surface area (Å²) in [6.07, 6.45) is 1.01. The normalized spacial score (nSPS) is 10.9. The van der Waals surface area contributed by atoms with Crippen molar-refractivity contribution in [3.63, 3.8) is 0 Å². The van der Waals surface area contributed by atoms with Gasteiger partial charge in [-0.15, -0.1) is 0 Å². The molecule has 0 atom stereocenters. The second kappa shape index (κ2) is 6.89. The van der Waals surface area contributed by atoms with E-state index in [4.69, 9.17) is 16.3 Å². The second-order valence-electron chi connectivity index (χ2n) is 4.75. The maximum atomic E-state index is 12.3. The van der Waals surface area contributed by atoms with E-state index in [0.29, 0.717) is 11.4 Å². The van der Waals surface area contributed by atoms with Gasteiger partial charge in [-0.2, -0.15) is 0 Å². The number of halogens is 1. The predicted octanol–water partition coefficient (Wildman–Crippen LogP) is 2.97. The molecule has 0 saturated heterocycles. The molecule has 0 spiro atoms. The Labute approximate surface area is 139 Å². The molecule has 0 aliphatic heterocycles. The van der Waals surface area contributed by atoms with Gasteiger partial charge in [0.2, 0.25) is 10.0 Å². The molecule has 2 aromatic rings. The Balaban J connectivity index is 2.23. The molecular weight excluding hydrogens is 340 g/mol. The van der Waals surface area contributed by atoms with Gasteiger partial charge in [-0.05, 0) is 30.3 Å². The van der Waals surface area contributed by atoms with Crippen molar-refractivity contribution in [1.29, 1.82) is 0 Å². The Morgan fingerprint density at radius 2 is 1.91 bits per heavy atom. The first-order chi connectivity index (χ1) is 10.8. The summed E-state index contributed by atoms with van der Waals surface area (Å²) in [5.74, 6) is 0.213. The molecule has 0 fully saturated rings. The minimum atomic E-state index is -3.49. The van der Waals surface area contributed by atoms with Gasteiger partial charge in [-0.1, -0.05) is 17.7 Å². The zero-order valence-corrected chi connectivity index (χ0v) is 14.0. The van der Waals surface area contributed by atoms with E-state index in [1.807, 2.05) is 0 Å². The number of amides is 1. The lowest BCUT2D eigenvalue weighted by Crippen LogP contribution is -2.14. The van der Waals surface area contributed by atoms with Crippen molar-refractivity contribution in [3.05, 3.63) is 53.1 Å². The summed E-state index contributed by atoms with van der Waals surface area (Å²) in [6, 6.07) is 11.2. The third kappa shape index (κ3) is 4.87. The van der Waals surface area contributed by atoms with E-state index in [-0.39, 0.29) is 16.3 Å². The van der Waals surface area contributed by atoms with Crippen LogP contribution in [0.5, 0.6) is 5.75 Å². The van der Waals surface area contributed by atoms with Gasteiger partial charge < -0.3 is 10.1 Å². The quantitative estimate of drug-likeness (QED) is 0.864. The lowest BCUT2D eigenvalue weighted by molar-refractivity contribution is 0.102. The van der Waals surface area contributed by atoms with Crippen molar-refractivity contribution in [2.75, 3.05) is 23.4 Å². The number of methoxy groups -OCH3 is 1. The molecule has 0 saturated carbocycles. The number of carbonyl (C=O) groups is 1. The number of benzene rings is 2. The fourth-order valence-electron chi connectivity index (χ4n) is 1.85. The lowest BCUT2D eigenvalue weighted by Gasteiger charge is -2.10. The highest BCUT2D eigenvalue weighted by Crippen LogP contribution is 2.25. The Hall–Kier alpha value is -2.25. The van der Waals surface area contributed by atoms with Crippen LogP contribution in [-0.4, -0.2) is 27.7 Å². The Kier molecular flexibility index (Phi) is 5.12. The SMILES string of the molecule is COc1cccc(NC(=O)c2ccc(Cl)c(NS(C)(=O)=O)c2)c1. The Morgan fingerprint density at radius 3 is 2.57 bits per heavy atom. The molecule has 0 aliphatic rings. The molecule has 0 bridgehead atoms. The largest absolute Gasteiger partial charge is 0.497 e. The van der Waals surface area contributed by atoms with Crippen molar-refractivity contribution >= 4 is 38.9 Å². The zero-order valence-electron chi connectivity index (χ0n) is 12.5. The first kappa shape index (κ1) is 17.1. The van der Waals surface area contributed by atoms with Crippen LogP contribution in [0, 0.1) is 0 Å². The van der Waals surface area contributed by atoms with Crippen molar-refractivity contribution in [2.24, 2.45) is 0 Å². The van der Waals surface area contributed by atoms with Crippen molar-refractivity contribution in [3.8, 4) is 5.75 Å². The maximum absolute atomic E-state index is 12.3. The van der Waals surface area contributed by atoms with Gasteiger partial charge in [0, 0.05) is 17.3 Å². The van der Waals surface area contributed by atoms with Crippen LogP contribution < -0.4 is 14.8 Å². The summed E-state index contributed by atoms with van der Waals surface area (Å²) >= 11 is 5.93. The number of nitrogens with one attached hydrogen (secondary N) is 2. The molecule has 0 aliphatic carbocycles. The predicted molar refractivity (Wildman–Crippen MR) is 90.9 cm³/mol. The molecule has 2 rings (SSSR count). The van der Waals surface area contributed by atoms with Gasteiger partial charge in [0.05, 0.1) is 24.1 Å². The molecule has 0 radical (unpaired) electrons. The lowest BCUT2D eigenvalue weighted by atomic mass is 10.2. The van der Waals surface area contributed by atoms with E-state index in [1.165, 1.54) is 25.3 Å². The monoisotopic (exact) mass is 354 g/mol. The standard InChI is InChI=1S/C15H15ClN2O4S/c1-22-12-5-3-4-11(9-12)17-15(19)10-6-7-13(16)14(8-10)18-23(2,20)21/h3-9,18H,1-2H3,(H,17,19). The molecule has 122 valence electrons. The van der Waals surface area contributed by atoms with Crippen LogP contribution in [-0.2, 0) is 10.0 Å². The minimum absolute atomic E-state index is 0.146. The van der Waals surface area contributed by atoms with E-state index in [1.54, 1.807) is 24.3 Å². The molecule has 1 amide bonds. The molecule has 0 unspecified atom stereocenters. The average Bonchev–Trinajstić information content (AvgIpc) is 2.48. The number of rotatable bonds is 5. The third-order valence-corrected chi connectivity index (χ3v) is 3.77. The van der Waals surface area contributed by atoms with Crippen LogP contribution in [0.25, 0.3) is 0 Å². The third-order valence-electron chi connectivity index (χ3n) is 2.85. The van der Waals surface area contributed by atoms with Crippen LogP contribution in [0.1, 0.15) is 10.4 Å². The van der Waals surface area contributed by atoms with E-state index in [2.05, 4.69) is 10.0 Å². The number of hydrogen-bond acceptors (Lipinski definition) is 4. The van der Waals surface area contributed by atoms with Gasteiger partial charge in [0.25, 0.3) is 5.91 Å². The van der Waals surface area contributed by atoms with Crippen LogP contribution >= 0.6 is 11.6 Å². The molecule has 23 heavy (non-hydrogen) atoms. The number of sulfonamides is 1. The van der Waals surface area contributed by atoms with E-state index < -0.39 is 15.9 Å². The number of anilines is 2.